The number of hydrazine groups is 1. The number of nitrogens with two attached hydrogens (primary N) is 2. The van der Waals surface area contributed by atoms with E-state index in [1.165, 1.54) is 0 Å². The highest BCUT2D eigenvalue weighted by atomic mass is 35.5. The number of unbranched alkanes of at least 4 members (excludes halogenated alkanes) is 1. The number of imidazole rings is 1. The maximum Gasteiger partial charge on any atom is 0.445 e. The van der Waals surface area contributed by atoms with Gasteiger partial charge in [-0.2, -0.15) is 0 Å². The Morgan fingerprint density at radius 3 is 2.30 bits per heavy atom. The van der Waals surface area contributed by atoms with Crippen LogP contribution in [-0.2, 0) is 35.8 Å². The molecule has 240 valence electrons. The van der Waals surface area contributed by atoms with Crippen LogP contribution in [0, 0.1) is 10.1 Å². The Morgan fingerprint density at radius 2 is 1.67 bits per heavy atom. The summed E-state index contributed by atoms with van der Waals surface area (Å²) in [4.78, 5) is 43.3. The fourth-order valence-corrected chi connectivity index (χ4v) is 4.86. The lowest BCUT2D eigenvalue weighted by atomic mass is 9.98. The van der Waals surface area contributed by atoms with E-state index >= 15 is 0 Å². The number of halogens is 1. The predicted octanol–water partition coefficient (Wildman–Crippen LogP) is 5.13. The molecule has 0 radical (unpaired) electrons. The number of aromatic nitrogens is 2. The van der Waals surface area contributed by atoms with Crippen molar-refractivity contribution in [3.8, 4) is 11.1 Å². The molecule has 0 saturated carbocycles. The summed E-state index contributed by atoms with van der Waals surface area (Å²) in [5.41, 5.74) is 10.3. The van der Waals surface area contributed by atoms with Gasteiger partial charge in [0.1, 0.15) is 19.0 Å². The molecule has 5 N–H and O–H groups in total. The molecule has 0 aliphatic carbocycles. The van der Waals surface area contributed by atoms with Crippen molar-refractivity contribution >= 4 is 29.5 Å². The van der Waals surface area contributed by atoms with Gasteiger partial charge in [-0.15, -0.1) is 20.3 Å². The second kappa shape index (κ2) is 15.5. The zero-order valence-electron chi connectivity index (χ0n) is 24.8. The average molecular weight is 650 g/mol. The molecule has 1 amide bonds. The molecule has 0 aliphatic rings. The van der Waals surface area contributed by atoms with Gasteiger partial charge in [-0.1, -0.05) is 97.7 Å². The summed E-state index contributed by atoms with van der Waals surface area (Å²) in [7, 11) is 0. The molecule has 0 fully saturated rings. The van der Waals surface area contributed by atoms with Gasteiger partial charge in [-0.3, -0.25) is 0 Å². The van der Waals surface area contributed by atoms with Gasteiger partial charge < -0.3 is 25.0 Å². The Hall–Kier alpha value is -5.47. The van der Waals surface area contributed by atoms with Crippen molar-refractivity contribution in [2.24, 2.45) is 16.7 Å². The number of nitrogens with zero attached hydrogens (tertiary/aromatic N) is 5. The summed E-state index contributed by atoms with van der Waals surface area (Å²) in [6, 6.07) is 21.1. The van der Waals surface area contributed by atoms with Crippen molar-refractivity contribution in [1.82, 2.24) is 14.7 Å². The summed E-state index contributed by atoms with van der Waals surface area (Å²) in [6.45, 7) is 2.00. The highest BCUT2D eigenvalue weighted by molar-refractivity contribution is 6.32. The monoisotopic (exact) mass is 649 g/mol. The van der Waals surface area contributed by atoms with E-state index in [2.05, 4.69) is 14.9 Å². The number of carbonyl (C=O) groups is 2. The number of hydrogen-bond acceptors (Lipinski definition) is 9. The van der Waals surface area contributed by atoms with Crippen molar-refractivity contribution in [3.05, 3.63) is 122 Å². The van der Waals surface area contributed by atoms with Crippen LogP contribution in [0.15, 0.2) is 77.9 Å². The SMILES string of the molecule is CCCCc1nc(Cl)c(C(=O)O)n1Cc1ccc(-c2ccccc2/C(N)=N/N(N)C(=O)OCc2ccc(CO[N+](=O)[O-])cc2)cc1. The van der Waals surface area contributed by atoms with Crippen molar-refractivity contribution in [3.63, 3.8) is 0 Å². The number of amidine groups is 1. The number of carboxylic acid groups (broad SMARTS) is 1. The molecule has 0 saturated heterocycles. The number of carboxylic acids is 1. The molecule has 4 aromatic rings. The zero-order valence-corrected chi connectivity index (χ0v) is 25.6. The molecule has 1 heterocycles. The van der Waals surface area contributed by atoms with E-state index in [4.69, 9.17) is 27.9 Å². The van der Waals surface area contributed by atoms with Gasteiger partial charge in [0, 0.05) is 18.5 Å². The Morgan fingerprint density at radius 1 is 1.04 bits per heavy atom. The molecule has 0 unspecified atom stereocenters. The number of ether oxygens (including phenoxy) is 1. The minimum absolute atomic E-state index is 0.0333. The molecule has 46 heavy (non-hydrogen) atoms. The van der Waals surface area contributed by atoms with Crippen molar-refractivity contribution < 1.29 is 29.4 Å². The Bertz CT molecular complexity index is 1720. The van der Waals surface area contributed by atoms with E-state index in [0.717, 1.165) is 29.5 Å². The molecular weight excluding hydrogens is 618 g/mol. The molecule has 0 atom stereocenters. The lowest BCUT2D eigenvalue weighted by molar-refractivity contribution is -0.763. The maximum atomic E-state index is 12.5. The number of hydrazone groups is 1. The van der Waals surface area contributed by atoms with Crippen molar-refractivity contribution in [2.75, 3.05) is 0 Å². The number of amides is 1. The van der Waals surface area contributed by atoms with Gasteiger partial charge in [0.05, 0.1) is 0 Å². The summed E-state index contributed by atoms with van der Waals surface area (Å²) in [5.74, 6) is 5.26. The number of benzene rings is 3. The van der Waals surface area contributed by atoms with Crippen LogP contribution in [0.1, 0.15) is 58.3 Å². The number of aromatic carboxylic acids is 1. The maximum absolute atomic E-state index is 12.5. The fourth-order valence-electron chi connectivity index (χ4n) is 4.58. The quantitative estimate of drug-likeness (QED) is 0.0410. The van der Waals surface area contributed by atoms with Gasteiger partial charge in [-0.05, 0) is 34.2 Å². The highest BCUT2D eigenvalue weighted by Crippen LogP contribution is 2.26. The molecule has 1 aromatic heterocycles. The third kappa shape index (κ3) is 8.58. The smallest absolute Gasteiger partial charge is 0.445 e. The summed E-state index contributed by atoms with van der Waals surface area (Å²) in [6.07, 6.45) is 1.43. The van der Waals surface area contributed by atoms with Crippen LogP contribution in [0.4, 0.5) is 4.79 Å². The molecular formula is C31H32ClN7O7. The minimum Gasteiger partial charge on any atom is -0.476 e. The summed E-state index contributed by atoms with van der Waals surface area (Å²) in [5, 5.41) is 23.7. The van der Waals surface area contributed by atoms with Crippen LogP contribution in [0.5, 0.6) is 0 Å². The standard InChI is InChI=1S/C31H32ClN7O7/c1-2-3-8-26-35-28(32)27(30(40)41)37(26)17-20-13-15-23(16-14-20)24-6-4-5-7-25(24)29(33)36-38(34)31(42)45-18-21-9-11-22(12-10-21)19-46-39(43)44/h4-7,9-16H,2-3,8,17-19,34H2,1H3,(H2,33,36)(H,40,41). The van der Waals surface area contributed by atoms with Crippen LogP contribution in [0.25, 0.3) is 11.1 Å². The van der Waals surface area contributed by atoms with Crippen molar-refractivity contribution in [1.29, 1.82) is 0 Å². The highest BCUT2D eigenvalue weighted by Gasteiger charge is 2.21. The Labute approximate surface area is 268 Å². The second-order valence-electron chi connectivity index (χ2n) is 10.1. The largest absolute Gasteiger partial charge is 0.476 e. The van der Waals surface area contributed by atoms with Crippen LogP contribution in [-0.4, -0.2) is 42.8 Å². The average Bonchev–Trinajstić information content (AvgIpc) is 3.36. The lowest BCUT2D eigenvalue weighted by Gasteiger charge is -2.15. The minimum atomic E-state index is -1.14. The normalized spacial score (nSPS) is 11.2. The molecule has 0 bridgehead atoms. The number of hydrogen-bond donors (Lipinski definition) is 3. The first-order valence-electron chi connectivity index (χ1n) is 14.1. The van der Waals surface area contributed by atoms with Gasteiger partial charge in [0.25, 0.3) is 5.09 Å². The van der Waals surface area contributed by atoms with Gasteiger partial charge in [0.15, 0.2) is 16.7 Å². The first-order valence-corrected chi connectivity index (χ1v) is 14.5. The zero-order chi connectivity index (χ0) is 33.2. The van der Waals surface area contributed by atoms with Gasteiger partial charge >= 0.3 is 12.1 Å². The fraction of sp³-hybridized carbons (Fsp3) is 0.226. The van der Waals surface area contributed by atoms with E-state index in [1.807, 2.05) is 43.3 Å². The Kier molecular flexibility index (Phi) is 11.3. The van der Waals surface area contributed by atoms with Gasteiger partial charge in [-0.25, -0.2) is 20.4 Å². The third-order valence-electron chi connectivity index (χ3n) is 6.89. The van der Waals surface area contributed by atoms with E-state index in [0.29, 0.717) is 34.1 Å². The first-order chi connectivity index (χ1) is 22.1. The second-order valence-corrected chi connectivity index (χ2v) is 10.5. The molecule has 0 spiro atoms. The predicted molar refractivity (Wildman–Crippen MR) is 169 cm³/mol. The van der Waals surface area contributed by atoms with E-state index < -0.39 is 17.1 Å². The number of aryl methyl sites for hydroxylation is 1. The van der Waals surface area contributed by atoms with Gasteiger partial charge in [0.2, 0.25) is 0 Å². The molecule has 4 rings (SSSR count). The van der Waals surface area contributed by atoms with Crippen LogP contribution in [0.3, 0.4) is 0 Å². The summed E-state index contributed by atoms with van der Waals surface area (Å²) >= 11 is 6.17. The van der Waals surface area contributed by atoms with Crippen LogP contribution < -0.4 is 11.6 Å². The number of rotatable bonds is 14. The Balaban J connectivity index is 1.45. The van der Waals surface area contributed by atoms with Crippen LogP contribution in [0.2, 0.25) is 5.15 Å². The first kappa shape index (κ1) is 33.4. The molecule has 14 nitrogen and oxygen atoms in total. The number of carbonyl (C=O) groups excluding carboxylic acids is 1. The van der Waals surface area contributed by atoms with Crippen LogP contribution >= 0.6 is 11.6 Å². The molecule has 0 aliphatic heterocycles. The summed E-state index contributed by atoms with van der Waals surface area (Å²) < 4.78 is 6.84. The molecule has 3 aromatic carbocycles. The molecule has 15 heteroatoms. The van der Waals surface area contributed by atoms with Crippen molar-refractivity contribution in [2.45, 2.75) is 45.9 Å². The third-order valence-corrected chi connectivity index (χ3v) is 7.16. The lowest BCUT2D eigenvalue weighted by Crippen LogP contribution is -2.35. The van der Waals surface area contributed by atoms with E-state index in [1.54, 1.807) is 41.0 Å². The topological polar surface area (TPSA) is 201 Å². The van der Waals surface area contributed by atoms with E-state index in [-0.39, 0.29) is 36.4 Å². The van der Waals surface area contributed by atoms with E-state index in [9.17, 15) is 24.8 Å².